The number of thiazole rings is 1. The Balaban J connectivity index is 1.52. The summed E-state index contributed by atoms with van der Waals surface area (Å²) < 4.78 is 5.70. The number of aryl methyl sites for hydroxylation is 1. The molecule has 1 aliphatic heterocycles. The van der Waals surface area contributed by atoms with Crippen LogP contribution in [0.15, 0.2) is 22.8 Å². The number of rotatable bonds is 4. The van der Waals surface area contributed by atoms with Crippen LogP contribution in [-0.4, -0.2) is 29.4 Å². The minimum absolute atomic E-state index is 0.0520. The van der Waals surface area contributed by atoms with Crippen molar-refractivity contribution in [2.75, 3.05) is 18.9 Å². The lowest BCUT2D eigenvalue weighted by Crippen LogP contribution is -2.25. The van der Waals surface area contributed by atoms with Crippen LogP contribution in [0.5, 0.6) is 0 Å². The standard InChI is InChI=1S/C21H25N3O2S/c1-12(2)15-9-16-14(11-26-18(16)7-13(15)3)8-20(25)23-21-22-17-5-6-24(4)10-19(17)27-21/h7,9,11-12H,5-6,8,10H2,1-4H3,(H,22,23,25). The number of furan rings is 1. The zero-order valence-corrected chi connectivity index (χ0v) is 17.1. The third kappa shape index (κ3) is 3.64. The molecule has 1 amide bonds. The van der Waals surface area contributed by atoms with E-state index in [2.05, 4.69) is 55.2 Å². The summed E-state index contributed by atoms with van der Waals surface area (Å²) in [6.45, 7) is 8.39. The number of anilines is 1. The topological polar surface area (TPSA) is 58.4 Å². The SMILES string of the molecule is Cc1cc2occ(CC(=O)Nc3nc4c(s3)CN(C)CC4)c2cc1C(C)C. The number of hydrogen-bond acceptors (Lipinski definition) is 5. The minimum atomic E-state index is -0.0520. The molecule has 6 heteroatoms. The van der Waals surface area contributed by atoms with Gasteiger partial charge in [0.15, 0.2) is 5.13 Å². The van der Waals surface area contributed by atoms with E-state index in [0.717, 1.165) is 41.7 Å². The number of carbonyl (C=O) groups is 1. The van der Waals surface area contributed by atoms with E-state index in [1.807, 2.05) is 0 Å². The lowest BCUT2D eigenvalue weighted by molar-refractivity contribution is -0.115. The fraction of sp³-hybridized carbons (Fsp3) is 0.429. The first kappa shape index (κ1) is 18.2. The van der Waals surface area contributed by atoms with E-state index in [0.29, 0.717) is 11.0 Å². The van der Waals surface area contributed by atoms with E-state index in [4.69, 9.17) is 4.42 Å². The molecule has 0 atom stereocenters. The zero-order valence-electron chi connectivity index (χ0n) is 16.3. The van der Waals surface area contributed by atoms with E-state index in [1.54, 1.807) is 17.6 Å². The number of amides is 1. The van der Waals surface area contributed by atoms with Gasteiger partial charge in [-0.2, -0.15) is 0 Å². The Morgan fingerprint density at radius 1 is 1.41 bits per heavy atom. The Morgan fingerprint density at radius 2 is 2.22 bits per heavy atom. The summed E-state index contributed by atoms with van der Waals surface area (Å²) in [5.41, 5.74) is 5.40. The maximum atomic E-state index is 12.6. The molecular formula is C21H25N3O2S. The van der Waals surface area contributed by atoms with Crippen molar-refractivity contribution < 1.29 is 9.21 Å². The third-order valence-electron chi connectivity index (χ3n) is 5.18. The molecule has 0 aliphatic carbocycles. The van der Waals surface area contributed by atoms with Crippen LogP contribution in [0.2, 0.25) is 0 Å². The summed E-state index contributed by atoms with van der Waals surface area (Å²) >= 11 is 1.58. The fourth-order valence-electron chi connectivity index (χ4n) is 3.72. The first-order valence-electron chi connectivity index (χ1n) is 9.38. The van der Waals surface area contributed by atoms with Gasteiger partial charge in [0, 0.05) is 35.3 Å². The summed E-state index contributed by atoms with van der Waals surface area (Å²) in [4.78, 5) is 20.7. The van der Waals surface area contributed by atoms with Crippen LogP contribution in [0, 0.1) is 6.92 Å². The third-order valence-corrected chi connectivity index (χ3v) is 6.18. The van der Waals surface area contributed by atoms with Gasteiger partial charge in [-0.15, -0.1) is 11.3 Å². The first-order chi connectivity index (χ1) is 12.9. The maximum absolute atomic E-state index is 12.6. The minimum Gasteiger partial charge on any atom is -0.464 e. The predicted octanol–water partition coefficient (Wildman–Crippen LogP) is 4.49. The van der Waals surface area contributed by atoms with Crippen molar-refractivity contribution in [3.63, 3.8) is 0 Å². The van der Waals surface area contributed by atoms with Crippen LogP contribution in [0.4, 0.5) is 5.13 Å². The molecule has 2 aromatic heterocycles. The first-order valence-corrected chi connectivity index (χ1v) is 10.2. The summed E-state index contributed by atoms with van der Waals surface area (Å²) in [6, 6.07) is 4.23. The van der Waals surface area contributed by atoms with Gasteiger partial charge >= 0.3 is 0 Å². The molecule has 0 radical (unpaired) electrons. The lowest BCUT2D eigenvalue weighted by atomic mass is 9.95. The van der Waals surface area contributed by atoms with Gasteiger partial charge in [-0.1, -0.05) is 13.8 Å². The van der Waals surface area contributed by atoms with Gasteiger partial charge in [0.05, 0.1) is 18.4 Å². The highest BCUT2D eigenvalue weighted by molar-refractivity contribution is 7.15. The highest BCUT2D eigenvalue weighted by Crippen LogP contribution is 2.30. The molecule has 0 saturated heterocycles. The Kier molecular flexibility index (Phi) is 4.78. The molecule has 0 saturated carbocycles. The molecular weight excluding hydrogens is 358 g/mol. The fourth-order valence-corrected chi connectivity index (χ4v) is 4.82. The van der Waals surface area contributed by atoms with Gasteiger partial charge in [0.25, 0.3) is 0 Å². The molecule has 0 fully saturated rings. The van der Waals surface area contributed by atoms with Gasteiger partial charge in [0.2, 0.25) is 5.91 Å². The van der Waals surface area contributed by atoms with Crippen LogP contribution in [-0.2, 0) is 24.2 Å². The van der Waals surface area contributed by atoms with E-state index < -0.39 is 0 Å². The Bertz CT molecular complexity index is 1000. The van der Waals surface area contributed by atoms with Crippen molar-refractivity contribution in [2.45, 2.75) is 46.1 Å². The Morgan fingerprint density at radius 3 is 3.00 bits per heavy atom. The van der Waals surface area contributed by atoms with Gasteiger partial charge in [-0.3, -0.25) is 4.79 Å². The van der Waals surface area contributed by atoms with E-state index >= 15 is 0 Å². The quantitative estimate of drug-likeness (QED) is 0.721. The molecule has 3 heterocycles. The number of hydrogen-bond donors (Lipinski definition) is 1. The number of aromatic nitrogens is 1. The molecule has 1 aromatic carbocycles. The molecule has 0 spiro atoms. The van der Waals surface area contributed by atoms with Gasteiger partial charge < -0.3 is 14.6 Å². The largest absolute Gasteiger partial charge is 0.464 e. The highest BCUT2D eigenvalue weighted by Gasteiger charge is 2.20. The number of fused-ring (bicyclic) bond motifs is 2. The summed E-state index contributed by atoms with van der Waals surface area (Å²) in [7, 11) is 2.11. The summed E-state index contributed by atoms with van der Waals surface area (Å²) in [5.74, 6) is 0.384. The molecule has 27 heavy (non-hydrogen) atoms. The smallest absolute Gasteiger partial charge is 0.230 e. The van der Waals surface area contributed by atoms with Crippen LogP contribution >= 0.6 is 11.3 Å². The predicted molar refractivity (Wildman–Crippen MR) is 110 cm³/mol. The van der Waals surface area contributed by atoms with Crippen LogP contribution in [0.25, 0.3) is 11.0 Å². The molecule has 5 nitrogen and oxygen atoms in total. The summed E-state index contributed by atoms with van der Waals surface area (Å²) in [6.07, 6.45) is 2.94. The number of likely N-dealkylation sites (N-methyl/N-ethyl adjacent to an activating group) is 1. The van der Waals surface area contributed by atoms with Crippen molar-refractivity contribution in [1.82, 2.24) is 9.88 Å². The second-order valence-electron chi connectivity index (χ2n) is 7.72. The Hall–Kier alpha value is -2.18. The van der Waals surface area contributed by atoms with Gasteiger partial charge in [0.1, 0.15) is 5.58 Å². The number of benzene rings is 1. The van der Waals surface area contributed by atoms with Gasteiger partial charge in [-0.25, -0.2) is 4.98 Å². The molecule has 4 rings (SSSR count). The molecule has 142 valence electrons. The van der Waals surface area contributed by atoms with E-state index in [-0.39, 0.29) is 12.3 Å². The normalized spacial score (nSPS) is 14.7. The Labute approximate surface area is 163 Å². The average Bonchev–Trinajstić information content (AvgIpc) is 3.16. The molecule has 1 aliphatic rings. The highest BCUT2D eigenvalue weighted by atomic mass is 32.1. The molecule has 1 N–H and O–H groups in total. The van der Waals surface area contributed by atoms with Crippen molar-refractivity contribution >= 4 is 33.3 Å². The number of carbonyl (C=O) groups excluding carboxylic acids is 1. The van der Waals surface area contributed by atoms with Gasteiger partial charge in [-0.05, 0) is 43.1 Å². The second-order valence-corrected chi connectivity index (χ2v) is 8.81. The van der Waals surface area contributed by atoms with Crippen LogP contribution in [0.3, 0.4) is 0 Å². The van der Waals surface area contributed by atoms with Crippen molar-refractivity contribution in [3.8, 4) is 0 Å². The number of nitrogens with zero attached hydrogens (tertiary/aromatic N) is 2. The summed E-state index contributed by atoms with van der Waals surface area (Å²) in [5, 5.41) is 4.70. The van der Waals surface area contributed by atoms with Crippen molar-refractivity contribution in [1.29, 1.82) is 0 Å². The van der Waals surface area contributed by atoms with E-state index in [9.17, 15) is 4.79 Å². The molecule has 0 bridgehead atoms. The van der Waals surface area contributed by atoms with E-state index in [1.165, 1.54) is 16.0 Å². The number of nitrogens with one attached hydrogen (secondary N) is 1. The maximum Gasteiger partial charge on any atom is 0.230 e. The monoisotopic (exact) mass is 383 g/mol. The average molecular weight is 384 g/mol. The molecule has 0 unspecified atom stereocenters. The van der Waals surface area contributed by atoms with Crippen LogP contribution in [0.1, 0.15) is 47.0 Å². The van der Waals surface area contributed by atoms with Crippen LogP contribution < -0.4 is 5.32 Å². The van der Waals surface area contributed by atoms with Crippen molar-refractivity contribution in [3.05, 3.63) is 45.7 Å². The molecule has 3 aromatic rings. The van der Waals surface area contributed by atoms with Crippen molar-refractivity contribution in [2.24, 2.45) is 0 Å². The second kappa shape index (κ2) is 7.09. The zero-order chi connectivity index (χ0) is 19.1. The lowest BCUT2D eigenvalue weighted by Gasteiger charge is -2.20.